The third kappa shape index (κ3) is 3.86. The van der Waals surface area contributed by atoms with E-state index in [0.29, 0.717) is 11.5 Å². The van der Waals surface area contributed by atoms with Gasteiger partial charge in [-0.05, 0) is 42.0 Å². The minimum atomic E-state index is 0.704. The Bertz CT molecular complexity index is 856. The lowest BCUT2D eigenvalue weighted by Crippen LogP contribution is -1.90. The zero-order valence-corrected chi connectivity index (χ0v) is 15.7. The summed E-state index contributed by atoms with van der Waals surface area (Å²) < 4.78 is 11.7. The molecule has 3 rings (SSSR count). The van der Waals surface area contributed by atoms with Crippen molar-refractivity contribution in [1.29, 1.82) is 0 Å². The van der Waals surface area contributed by atoms with Crippen LogP contribution < -0.4 is 9.47 Å². The van der Waals surface area contributed by atoms with E-state index >= 15 is 0 Å². The Kier molecular flexibility index (Phi) is 5.33. The molecule has 0 saturated carbocycles. The van der Waals surface area contributed by atoms with Crippen LogP contribution >= 0.6 is 27.3 Å². The van der Waals surface area contributed by atoms with Gasteiger partial charge in [0.25, 0.3) is 0 Å². The molecule has 0 aliphatic heterocycles. The van der Waals surface area contributed by atoms with Gasteiger partial charge in [0, 0.05) is 15.4 Å². The molecule has 3 aromatic rings. The molecule has 122 valence electrons. The molecule has 0 saturated heterocycles. The topological polar surface area (TPSA) is 31.4 Å². The Balaban J connectivity index is 1.81. The first-order valence-corrected chi connectivity index (χ1v) is 8.98. The number of thiazole rings is 1. The van der Waals surface area contributed by atoms with Crippen molar-refractivity contribution in [2.75, 3.05) is 14.2 Å². The summed E-state index contributed by atoms with van der Waals surface area (Å²) in [6.45, 7) is 0. The van der Waals surface area contributed by atoms with E-state index in [-0.39, 0.29) is 0 Å². The van der Waals surface area contributed by atoms with E-state index in [1.165, 1.54) is 0 Å². The second-order valence-corrected chi connectivity index (χ2v) is 6.83. The molecule has 3 nitrogen and oxygen atoms in total. The summed E-state index contributed by atoms with van der Waals surface area (Å²) in [5.41, 5.74) is 3.07. The zero-order valence-electron chi connectivity index (χ0n) is 13.3. The number of rotatable bonds is 5. The molecule has 5 heteroatoms. The van der Waals surface area contributed by atoms with E-state index in [9.17, 15) is 0 Å². The number of nitrogens with zero attached hydrogens (tertiary/aromatic N) is 1. The highest BCUT2D eigenvalue weighted by Gasteiger charge is 2.08. The van der Waals surface area contributed by atoms with Crippen LogP contribution in [0, 0.1) is 0 Å². The van der Waals surface area contributed by atoms with Crippen molar-refractivity contribution in [2.24, 2.45) is 0 Å². The number of halogens is 1. The SMILES string of the molecule is COc1ccc(-c2csc(/C=C/c3ccc(Br)cc3)n2)cc1OC. The molecular weight excluding hydrogens is 386 g/mol. The van der Waals surface area contributed by atoms with E-state index in [2.05, 4.69) is 39.1 Å². The predicted molar refractivity (Wildman–Crippen MR) is 104 cm³/mol. The average molecular weight is 402 g/mol. The van der Waals surface area contributed by atoms with Gasteiger partial charge in [-0.15, -0.1) is 11.3 Å². The maximum absolute atomic E-state index is 5.35. The molecule has 0 fully saturated rings. The van der Waals surface area contributed by atoms with E-state index in [0.717, 1.165) is 26.3 Å². The normalized spacial score (nSPS) is 11.0. The lowest BCUT2D eigenvalue weighted by Gasteiger charge is -2.08. The second-order valence-electron chi connectivity index (χ2n) is 5.03. The summed E-state index contributed by atoms with van der Waals surface area (Å²) in [7, 11) is 3.26. The Morgan fingerprint density at radius 3 is 2.42 bits per heavy atom. The summed E-state index contributed by atoms with van der Waals surface area (Å²) in [6.07, 6.45) is 4.09. The lowest BCUT2D eigenvalue weighted by molar-refractivity contribution is 0.355. The summed E-state index contributed by atoms with van der Waals surface area (Å²) in [6, 6.07) is 14.0. The predicted octanol–water partition coefficient (Wildman–Crippen LogP) is 5.76. The second kappa shape index (κ2) is 7.64. The number of hydrogen-bond acceptors (Lipinski definition) is 4. The van der Waals surface area contributed by atoms with Gasteiger partial charge in [0.2, 0.25) is 0 Å². The minimum Gasteiger partial charge on any atom is -0.493 e. The van der Waals surface area contributed by atoms with E-state index < -0.39 is 0 Å². The van der Waals surface area contributed by atoms with Crippen molar-refractivity contribution in [3.05, 3.63) is 62.9 Å². The Morgan fingerprint density at radius 1 is 0.958 bits per heavy atom. The van der Waals surface area contributed by atoms with Gasteiger partial charge in [0.05, 0.1) is 19.9 Å². The van der Waals surface area contributed by atoms with E-state index in [4.69, 9.17) is 9.47 Å². The number of methoxy groups -OCH3 is 2. The molecule has 0 bridgehead atoms. The molecule has 0 spiro atoms. The number of benzene rings is 2. The quantitative estimate of drug-likeness (QED) is 0.544. The highest BCUT2D eigenvalue weighted by molar-refractivity contribution is 9.10. The van der Waals surface area contributed by atoms with Gasteiger partial charge in [0.15, 0.2) is 11.5 Å². The molecule has 24 heavy (non-hydrogen) atoms. The molecule has 2 aromatic carbocycles. The fraction of sp³-hybridized carbons (Fsp3) is 0.105. The van der Waals surface area contributed by atoms with Gasteiger partial charge in [-0.2, -0.15) is 0 Å². The molecule has 1 aromatic heterocycles. The zero-order chi connectivity index (χ0) is 16.9. The monoisotopic (exact) mass is 401 g/mol. The highest BCUT2D eigenvalue weighted by atomic mass is 79.9. The highest BCUT2D eigenvalue weighted by Crippen LogP contribution is 2.32. The van der Waals surface area contributed by atoms with Gasteiger partial charge in [-0.1, -0.05) is 34.1 Å². The van der Waals surface area contributed by atoms with Crippen LogP contribution in [-0.2, 0) is 0 Å². The molecule has 1 heterocycles. The number of hydrogen-bond donors (Lipinski definition) is 0. The Morgan fingerprint density at radius 2 is 1.71 bits per heavy atom. The van der Waals surface area contributed by atoms with Crippen LogP contribution in [0.5, 0.6) is 11.5 Å². The van der Waals surface area contributed by atoms with Crippen LogP contribution in [0.2, 0.25) is 0 Å². The first kappa shape index (κ1) is 16.7. The molecule has 0 amide bonds. The third-order valence-electron chi connectivity index (χ3n) is 3.49. The summed E-state index contributed by atoms with van der Waals surface area (Å²) >= 11 is 5.05. The molecule has 0 N–H and O–H groups in total. The molecule has 0 radical (unpaired) electrons. The van der Waals surface area contributed by atoms with Crippen molar-refractivity contribution in [2.45, 2.75) is 0 Å². The van der Waals surface area contributed by atoms with Crippen LogP contribution in [0.3, 0.4) is 0 Å². The van der Waals surface area contributed by atoms with Crippen molar-refractivity contribution in [3.8, 4) is 22.8 Å². The Labute approximate surface area is 153 Å². The van der Waals surface area contributed by atoms with Crippen LogP contribution in [0.15, 0.2) is 52.3 Å². The van der Waals surface area contributed by atoms with Gasteiger partial charge >= 0.3 is 0 Å². The van der Waals surface area contributed by atoms with Crippen molar-refractivity contribution in [3.63, 3.8) is 0 Å². The molecular formula is C19H16BrNO2S. The maximum Gasteiger partial charge on any atom is 0.161 e. The Hall–Kier alpha value is -2.11. The maximum atomic E-state index is 5.35. The minimum absolute atomic E-state index is 0.704. The lowest BCUT2D eigenvalue weighted by atomic mass is 10.1. The fourth-order valence-corrected chi connectivity index (χ4v) is 3.22. The van der Waals surface area contributed by atoms with Crippen LogP contribution in [-0.4, -0.2) is 19.2 Å². The molecule has 0 aliphatic rings. The smallest absolute Gasteiger partial charge is 0.161 e. The molecule has 0 atom stereocenters. The summed E-state index contributed by atoms with van der Waals surface area (Å²) in [5.74, 6) is 1.42. The molecule has 0 unspecified atom stereocenters. The van der Waals surface area contributed by atoms with Crippen molar-refractivity contribution in [1.82, 2.24) is 4.98 Å². The fourth-order valence-electron chi connectivity index (χ4n) is 2.23. The first-order valence-electron chi connectivity index (χ1n) is 7.31. The van der Waals surface area contributed by atoms with Crippen molar-refractivity contribution >= 4 is 39.4 Å². The average Bonchev–Trinajstić information content (AvgIpc) is 3.09. The van der Waals surface area contributed by atoms with Crippen LogP contribution in [0.4, 0.5) is 0 Å². The largest absolute Gasteiger partial charge is 0.493 e. The van der Waals surface area contributed by atoms with Gasteiger partial charge < -0.3 is 9.47 Å². The molecule has 0 aliphatic carbocycles. The van der Waals surface area contributed by atoms with Gasteiger partial charge in [0.1, 0.15) is 5.01 Å². The number of ether oxygens (including phenoxy) is 2. The van der Waals surface area contributed by atoms with E-state index in [1.807, 2.05) is 41.8 Å². The number of aromatic nitrogens is 1. The van der Waals surface area contributed by atoms with Crippen molar-refractivity contribution < 1.29 is 9.47 Å². The van der Waals surface area contributed by atoms with Gasteiger partial charge in [-0.3, -0.25) is 0 Å². The first-order chi connectivity index (χ1) is 11.7. The van der Waals surface area contributed by atoms with E-state index in [1.54, 1.807) is 25.6 Å². The summed E-state index contributed by atoms with van der Waals surface area (Å²) in [5, 5.41) is 3.00. The van der Waals surface area contributed by atoms with Gasteiger partial charge in [-0.25, -0.2) is 4.98 Å². The summed E-state index contributed by atoms with van der Waals surface area (Å²) in [4.78, 5) is 4.67. The third-order valence-corrected chi connectivity index (χ3v) is 4.83. The van der Waals surface area contributed by atoms with Crippen LogP contribution in [0.25, 0.3) is 23.4 Å². The standard InChI is InChI=1S/C19H16BrNO2S/c1-22-17-9-6-14(11-18(17)23-2)16-12-24-19(21-16)10-5-13-3-7-15(20)8-4-13/h3-12H,1-2H3/b10-5+. The van der Waals surface area contributed by atoms with Crippen LogP contribution in [0.1, 0.15) is 10.6 Å².